The van der Waals surface area contributed by atoms with Crippen LogP contribution in [0.3, 0.4) is 0 Å². The van der Waals surface area contributed by atoms with Crippen molar-refractivity contribution >= 4 is 23.4 Å². The van der Waals surface area contributed by atoms with Crippen molar-refractivity contribution in [3.05, 3.63) is 28.8 Å². The molecule has 0 radical (unpaired) electrons. The molecule has 0 aliphatic rings. The zero-order valence-corrected chi connectivity index (χ0v) is 14.3. The maximum atomic E-state index is 13.6. The summed E-state index contributed by atoms with van der Waals surface area (Å²) in [5.74, 6) is -0.459. The first-order chi connectivity index (χ1) is 12.2. The van der Waals surface area contributed by atoms with Crippen molar-refractivity contribution in [2.24, 2.45) is 7.05 Å². The van der Waals surface area contributed by atoms with Gasteiger partial charge in [0.15, 0.2) is 0 Å². The van der Waals surface area contributed by atoms with E-state index in [9.17, 15) is 13.2 Å². The average Bonchev–Trinajstić information content (AvgIpc) is 2.99. The van der Waals surface area contributed by atoms with Gasteiger partial charge in [-0.2, -0.15) is 23.0 Å². The predicted octanol–water partition coefficient (Wildman–Crippen LogP) is 2.63. The lowest BCUT2D eigenvalue weighted by Gasteiger charge is -2.17. The number of halogens is 4. The summed E-state index contributed by atoms with van der Waals surface area (Å²) in [6.45, 7) is 0. The third-order valence-electron chi connectivity index (χ3n) is 3.44. The molecule has 0 fully saturated rings. The van der Waals surface area contributed by atoms with Gasteiger partial charge in [0, 0.05) is 18.2 Å². The van der Waals surface area contributed by atoms with Crippen LogP contribution in [-0.4, -0.2) is 37.2 Å². The Morgan fingerprint density at radius 1 is 1.23 bits per heavy atom. The minimum atomic E-state index is -4.71. The molecule has 2 aromatic heterocycles. The molecule has 0 aliphatic heterocycles. The molecule has 8 nitrogen and oxygen atoms in total. The molecule has 3 rings (SSSR count). The molecule has 2 heterocycles. The minimum Gasteiger partial charge on any atom is -0.372 e. The highest BCUT2D eigenvalue weighted by Crippen LogP contribution is 2.42. The van der Waals surface area contributed by atoms with E-state index in [1.54, 1.807) is 7.05 Å². The van der Waals surface area contributed by atoms with Gasteiger partial charge in [0.05, 0.1) is 17.8 Å². The second-order valence-corrected chi connectivity index (χ2v) is 5.61. The maximum Gasteiger partial charge on any atom is 0.422 e. The van der Waals surface area contributed by atoms with E-state index in [4.69, 9.17) is 17.3 Å². The summed E-state index contributed by atoms with van der Waals surface area (Å²) in [6.07, 6.45) is -4.71. The van der Waals surface area contributed by atoms with Gasteiger partial charge in [0.25, 0.3) is 0 Å². The van der Waals surface area contributed by atoms with Crippen LogP contribution in [0.25, 0.3) is 22.6 Å². The minimum absolute atomic E-state index is 0.0283. The standard InChI is InChI=1S/C14H12ClF3N8/c1-20-12-9(14(16,17)18)10(21-13(19)22-12)7-4-3-6(5-8(7)15)11-23-25-26(2)24-11/h3-5H,1-2H3,(H3,19,20,21,22). The summed E-state index contributed by atoms with van der Waals surface area (Å²) >= 11 is 6.22. The van der Waals surface area contributed by atoms with E-state index in [-0.39, 0.29) is 22.4 Å². The Hall–Kier alpha value is -2.95. The van der Waals surface area contributed by atoms with Crippen LogP contribution < -0.4 is 11.1 Å². The Bertz CT molecular complexity index is 969. The van der Waals surface area contributed by atoms with Crippen LogP contribution in [0.2, 0.25) is 5.02 Å². The van der Waals surface area contributed by atoms with Gasteiger partial charge < -0.3 is 11.1 Å². The van der Waals surface area contributed by atoms with E-state index in [0.717, 1.165) is 0 Å². The fourth-order valence-electron chi connectivity index (χ4n) is 2.37. The van der Waals surface area contributed by atoms with Crippen LogP contribution in [0.5, 0.6) is 0 Å². The van der Waals surface area contributed by atoms with Crippen molar-refractivity contribution in [1.82, 2.24) is 30.2 Å². The third kappa shape index (κ3) is 3.25. The van der Waals surface area contributed by atoms with Gasteiger partial charge >= 0.3 is 6.18 Å². The topological polar surface area (TPSA) is 107 Å². The number of aryl methyl sites for hydroxylation is 1. The number of alkyl halides is 3. The highest BCUT2D eigenvalue weighted by Gasteiger charge is 2.39. The highest BCUT2D eigenvalue weighted by molar-refractivity contribution is 6.33. The molecule has 26 heavy (non-hydrogen) atoms. The van der Waals surface area contributed by atoms with Gasteiger partial charge in [-0.05, 0) is 11.3 Å². The monoisotopic (exact) mass is 384 g/mol. The zero-order chi connectivity index (χ0) is 19.1. The van der Waals surface area contributed by atoms with Gasteiger partial charge in [0.1, 0.15) is 11.4 Å². The number of nitrogens with one attached hydrogen (secondary N) is 1. The Kier molecular flexibility index (Phi) is 4.40. The second kappa shape index (κ2) is 6.41. The molecule has 0 atom stereocenters. The first-order valence-electron chi connectivity index (χ1n) is 7.17. The molecule has 0 bridgehead atoms. The molecule has 0 saturated carbocycles. The van der Waals surface area contributed by atoms with Gasteiger partial charge in [-0.15, -0.1) is 10.2 Å². The normalized spacial score (nSPS) is 11.6. The molecule has 12 heteroatoms. The number of nitrogens with two attached hydrogens (primary N) is 1. The van der Waals surface area contributed by atoms with Crippen molar-refractivity contribution < 1.29 is 13.2 Å². The van der Waals surface area contributed by atoms with Crippen molar-refractivity contribution in [3.63, 3.8) is 0 Å². The molecular formula is C14H12ClF3N8. The Labute approximate surface area is 150 Å². The fraction of sp³-hybridized carbons (Fsp3) is 0.214. The first kappa shape index (κ1) is 17.9. The summed E-state index contributed by atoms with van der Waals surface area (Å²) in [6, 6.07) is 4.35. The first-order valence-corrected chi connectivity index (χ1v) is 7.55. The summed E-state index contributed by atoms with van der Waals surface area (Å²) < 4.78 is 40.7. The van der Waals surface area contributed by atoms with Crippen molar-refractivity contribution in [1.29, 1.82) is 0 Å². The van der Waals surface area contributed by atoms with E-state index in [1.165, 1.54) is 30.0 Å². The summed E-state index contributed by atoms with van der Waals surface area (Å²) in [5.41, 5.74) is 4.63. The predicted molar refractivity (Wildman–Crippen MR) is 89.2 cm³/mol. The maximum absolute atomic E-state index is 13.6. The van der Waals surface area contributed by atoms with Crippen LogP contribution in [0.1, 0.15) is 5.56 Å². The number of rotatable bonds is 3. The van der Waals surface area contributed by atoms with Gasteiger partial charge in [-0.1, -0.05) is 23.7 Å². The Balaban J connectivity index is 2.19. The van der Waals surface area contributed by atoms with Crippen molar-refractivity contribution in [2.75, 3.05) is 18.1 Å². The van der Waals surface area contributed by atoms with Crippen molar-refractivity contribution in [3.8, 4) is 22.6 Å². The summed E-state index contributed by atoms with van der Waals surface area (Å²) in [5, 5.41) is 14.0. The molecule has 0 aliphatic carbocycles. The van der Waals surface area contributed by atoms with E-state index in [0.29, 0.717) is 5.56 Å². The highest BCUT2D eigenvalue weighted by atomic mass is 35.5. The fourth-order valence-corrected chi connectivity index (χ4v) is 2.64. The number of nitrogens with zero attached hydrogens (tertiary/aromatic N) is 6. The Morgan fingerprint density at radius 2 is 1.96 bits per heavy atom. The largest absolute Gasteiger partial charge is 0.422 e. The zero-order valence-electron chi connectivity index (χ0n) is 13.5. The second-order valence-electron chi connectivity index (χ2n) is 5.20. The van der Waals surface area contributed by atoms with Crippen LogP contribution in [0, 0.1) is 0 Å². The van der Waals surface area contributed by atoms with Crippen molar-refractivity contribution in [2.45, 2.75) is 6.18 Å². The number of hydrogen-bond donors (Lipinski definition) is 2. The lowest BCUT2D eigenvalue weighted by atomic mass is 10.0. The van der Waals surface area contributed by atoms with Crippen LogP contribution in [-0.2, 0) is 13.2 Å². The number of tetrazole rings is 1. The van der Waals surface area contributed by atoms with E-state index < -0.39 is 23.3 Å². The molecule has 0 spiro atoms. The average molecular weight is 385 g/mol. The molecule has 0 saturated heterocycles. The molecular weight excluding hydrogens is 373 g/mol. The number of benzene rings is 1. The number of aromatic nitrogens is 6. The third-order valence-corrected chi connectivity index (χ3v) is 3.75. The summed E-state index contributed by atoms with van der Waals surface area (Å²) in [4.78, 5) is 8.62. The molecule has 1 aromatic carbocycles. The Morgan fingerprint density at radius 3 is 2.50 bits per heavy atom. The van der Waals surface area contributed by atoms with E-state index >= 15 is 0 Å². The molecule has 3 N–H and O–H groups in total. The van der Waals surface area contributed by atoms with Crippen LogP contribution in [0.4, 0.5) is 24.9 Å². The molecule has 0 amide bonds. The van der Waals surface area contributed by atoms with Gasteiger partial charge in [-0.3, -0.25) is 0 Å². The molecule has 3 aromatic rings. The lowest BCUT2D eigenvalue weighted by Crippen LogP contribution is -2.15. The SMILES string of the molecule is CNc1nc(N)nc(-c2ccc(-c3nnn(C)n3)cc2Cl)c1C(F)(F)F. The lowest BCUT2D eigenvalue weighted by molar-refractivity contribution is -0.136. The van der Waals surface area contributed by atoms with Gasteiger partial charge in [0.2, 0.25) is 11.8 Å². The number of anilines is 2. The number of hydrogen-bond acceptors (Lipinski definition) is 7. The smallest absolute Gasteiger partial charge is 0.372 e. The van der Waals surface area contributed by atoms with E-state index in [2.05, 4.69) is 30.7 Å². The number of nitrogen functional groups attached to an aromatic ring is 1. The van der Waals surface area contributed by atoms with E-state index in [1.807, 2.05) is 0 Å². The van der Waals surface area contributed by atoms with Gasteiger partial charge in [-0.25, -0.2) is 4.98 Å². The quantitative estimate of drug-likeness (QED) is 0.714. The molecule has 0 unspecified atom stereocenters. The summed E-state index contributed by atoms with van der Waals surface area (Å²) in [7, 11) is 2.90. The van der Waals surface area contributed by atoms with Crippen LogP contribution in [0.15, 0.2) is 18.2 Å². The molecule has 136 valence electrons. The van der Waals surface area contributed by atoms with Crippen LogP contribution >= 0.6 is 11.6 Å².